The topological polar surface area (TPSA) is 161 Å². The molecule has 8 heteroatoms. The molecule has 0 saturated carbocycles. The largest absolute Gasteiger partial charge is 0.397 e. The lowest BCUT2D eigenvalue weighted by atomic mass is 10.0. The zero-order valence-corrected chi connectivity index (χ0v) is 18.1. The summed E-state index contributed by atoms with van der Waals surface area (Å²) in [5.74, 6) is 0. The number of fused-ring (bicyclic) bond motifs is 8. The van der Waals surface area contributed by atoms with Crippen molar-refractivity contribution >= 4 is 69.1 Å². The van der Waals surface area contributed by atoms with Gasteiger partial charge < -0.3 is 32.9 Å². The van der Waals surface area contributed by atoms with Crippen LogP contribution in [0, 0.1) is 0 Å². The number of hydrogen-bond acceptors (Lipinski definition) is 6. The number of nitrogens with two attached hydrogens (primary N) is 4. The first-order valence-electron chi connectivity index (χ1n) is 10.7. The summed E-state index contributed by atoms with van der Waals surface area (Å²) in [6.45, 7) is 0. The van der Waals surface area contributed by atoms with E-state index in [0.29, 0.717) is 16.9 Å². The predicted molar refractivity (Wildman–Crippen MR) is 142 cm³/mol. The van der Waals surface area contributed by atoms with Gasteiger partial charge in [-0.05, 0) is 72.8 Å². The van der Waals surface area contributed by atoms with Crippen LogP contribution in [0.1, 0.15) is 22.8 Å². The Morgan fingerprint density at radius 2 is 1.12 bits per heavy atom. The van der Waals surface area contributed by atoms with E-state index >= 15 is 0 Å². The van der Waals surface area contributed by atoms with Gasteiger partial charge in [-0.25, -0.2) is 9.97 Å². The molecule has 2 aliphatic rings. The smallest absolute Gasteiger partial charge is 0.0809 e. The second-order valence-corrected chi connectivity index (χ2v) is 8.34. The third kappa shape index (κ3) is 3.34. The van der Waals surface area contributed by atoms with Crippen molar-refractivity contribution in [3.8, 4) is 11.1 Å². The summed E-state index contributed by atoms with van der Waals surface area (Å²) in [6, 6.07) is 15.7. The summed E-state index contributed by atoms with van der Waals surface area (Å²) in [4.78, 5) is 16.3. The quantitative estimate of drug-likeness (QED) is 0.201. The van der Waals surface area contributed by atoms with Crippen molar-refractivity contribution < 1.29 is 0 Å². The Hall–Kier alpha value is -4.98. The number of nitrogen functional groups attached to an aromatic ring is 4. The number of hydrogen-bond donors (Lipinski definition) is 6. The van der Waals surface area contributed by atoms with E-state index in [0.717, 1.165) is 50.4 Å². The molecule has 6 rings (SSSR count). The van der Waals surface area contributed by atoms with Crippen LogP contribution in [-0.2, 0) is 0 Å². The van der Waals surface area contributed by atoms with Crippen LogP contribution >= 0.6 is 0 Å². The average Bonchev–Trinajstić information content (AvgIpc) is 3.60. The molecule has 1 aromatic carbocycles. The van der Waals surface area contributed by atoms with Crippen LogP contribution in [0.25, 0.3) is 57.5 Å². The van der Waals surface area contributed by atoms with Crippen molar-refractivity contribution in [2.24, 2.45) is 0 Å². The molecule has 8 nitrogen and oxygen atoms in total. The monoisotopic (exact) mass is 446 g/mol. The van der Waals surface area contributed by atoms with Gasteiger partial charge in [-0.2, -0.15) is 0 Å². The highest BCUT2D eigenvalue weighted by Gasteiger charge is 2.15. The van der Waals surface area contributed by atoms with Gasteiger partial charge in [0, 0.05) is 33.2 Å². The van der Waals surface area contributed by atoms with Crippen LogP contribution in [0.5, 0.6) is 0 Å². The second-order valence-electron chi connectivity index (χ2n) is 8.34. The molecule has 34 heavy (non-hydrogen) atoms. The minimum atomic E-state index is 0.278. The Morgan fingerprint density at radius 3 is 1.82 bits per heavy atom. The van der Waals surface area contributed by atoms with E-state index in [1.54, 1.807) is 6.07 Å². The highest BCUT2D eigenvalue weighted by molar-refractivity contribution is 6.01. The highest BCUT2D eigenvalue weighted by Crippen LogP contribution is 2.40. The number of nitrogens with one attached hydrogen (secondary N) is 2. The van der Waals surface area contributed by atoms with Gasteiger partial charge in [-0.1, -0.05) is 0 Å². The van der Waals surface area contributed by atoms with Gasteiger partial charge >= 0.3 is 0 Å². The lowest BCUT2D eigenvalue weighted by Crippen LogP contribution is -2.05. The van der Waals surface area contributed by atoms with Crippen LogP contribution < -0.4 is 22.9 Å². The predicted octanol–water partition coefficient (Wildman–Crippen LogP) is 4.65. The third-order valence-corrected chi connectivity index (χ3v) is 5.94. The molecular formula is C26H22N8. The Balaban J connectivity index is 1.69. The van der Waals surface area contributed by atoms with E-state index in [4.69, 9.17) is 27.9 Å². The molecule has 0 unspecified atom stereocenters. The number of H-pyrrole nitrogens is 2. The van der Waals surface area contributed by atoms with Crippen molar-refractivity contribution in [1.29, 1.82) is 0 Å². The molecule has 10 N–H and O–H groups in total. The maximum absolute atomic E-state index is 6.36. The summed E-state index contributed by atoms with van der Waals surface area (Å²) >= 11 is 0. The number of nitrogens with zero attached hydrogens (tertiary/aromatic N) is 2. The Kier molecular flexibility index (Phi) is 4.21. The number of benzene rings is 1. The standard InChI is InChI=1S/C26H22N8/c27-22-12-21(24(28)26(30)25(22)29)20-10-19-9-17-4-3-15(32-17)7-13-1-2-14(31-13)8-16-5-6-18(33-16)11-23(20)34-19/h1-12,32,34H,27-30H2. The van der Waals surface area contributed by atoms with E-state index in [1.165, 1.54) is 0 Å². The number of anilines is 4. The van der Waals surface area contributed by atoms with Crippen LogP contribution in [0.3, 0.4) is 0 Å². The molecule has 4 aromatic rings. The summed E-state index contributed by atoms with van der Waals surface area (Å²) < 4.78 is 0. The van der Waals surface area contributed by atoms with E-state index in [2.05, 4.69) is 15.0 Å². The normalized spacial score (nSPS) is 12.4. The summed E-state index contributed by atoms with van der Waals surface area (Å²) in [5.41, 5.74) is 34.4. The van der Waals surface area contributed by atoms with Gasteiger partial charge in [-0.3, -0.25) is 0 Å². The molecular weight excluding hydrogens is 424 g/mol. The van der Waals surface area contributed by atoms with E-state index in [-0.39, 0.29) is 11.4 Å². The fourth-order valence-electron chi connectivity index (χ4n) is 4.22. The van der Waals surface area contributed by atoms with Crippen LogP contribution in [0.15, 0.2) is 48.5 Å². The molecule has 0 saturated heterocycles. The summed E-state index contributed by atoms with van der Waals surface area (Å²) in [5, 5.41) is 0. The third-order valence-electron chi connectivity index (χ3n) is 5.94. The van der Waals surface area contributed by atoms with Crippen molar-refractivity contribution in [3.05, 3.63) is 71.3 Å². The minimum absolute atomic E-state index is 0.278. The Labute approximate surface area is 194 Å². The molecule has 3 aromatic heterocycles. The van der Waals surface area contributed by atoms with Crippen LogP contribution in [0.4, 0.5) is 22.7 Å². The molecule has 0 atom stereocenters. The lowest BCUT2D eigenvalue weighted by molar-refractivity contribution is 1.28. The molecule has 0 spiro atoms. The molecule has 0 aliphatic carbocycles. The Morgan fingerprint density at radius 1 is 0.500 bits per heavy atom. The molecule has 5 heterocycles. The average molecular weight is 447 g/mol. The molecule has 0 amide bonds. The zero-order chi connectivity index (χ0) is 23.4. The SMILES string of the molecule is Nc1cc(-c2cc3cc4ccc(cc5nc(cc6nc(cc2[nH]3)C=C6)C=C5)[nH]4)c(N)c(N)c1N. The molecule has 2 aliphatic heterocycles. The van der Waals surface area contributed by atoms with Gasteiger partial charge in [0.05, 0.1) is 45.5 Å². The first-order valence-corrected chi connectivity index (χ1v) is 10.7. The zero-order valence-electron chi connectivity index (χ0n) is 18.1. The van der Waals surface area contributed by atoms with Gasteiger partial charge in [0.1, 0.15) is 0 Å². The maximum Gasteiger partial charge on any atom is 0.0809 e. The van der Waals surface area contributed by atoms with Crippen molar-refractivity contribution in [1.82, 2.24) is 19.9 Å². The molecule has 166 valence electrons. The summed E-state index contributed by atoms with van der Waals surface area (Å²) in [7, 11) is 0. The van der Waals surface area contributed by atoms with E-state index in [9.17, 15) is 0 Å². The van der Waals surface area contributed by atoms with Crippen LogP contribution in [-0.4, -0.2) is 19.9 Å². The van der Waals surface area contributed by atoms with Gasteiger partial charge in [0.2, 0.25) is 0 Å². The molecule has 0 fully saturated rings. The lowest BCUT2D eigenvalue weighted by Gasteiger charge is -2.12. The molecule has 8 bridgehead atoms. The van der Waals surface area contributed by atoms with Crippen molar-refractivity contribution in [2.75, 3.05) is 22.9 Å². The first-order chi connectivity index (χ1) is 16.4. The maximum atomic E-state index is 6.36. The van der Waals surface area contributed by atoms with Crippen molar-refractivity contribution in [2.45, 2.75) is 0 Å². The fourth-order valence-corrected chi connectivity index (χ4v) is 4.22. The van der Waals surface area contributed by atoms with Crippen LogP contribution in [0.2, 0.25) is 0 Å². The Bertz CT molecular complexity index is 1700. The van der Waals surface area contributed by atoms with Gasteiger partial charge in [0.25, 0.3) is 0 Å². The highest BCUT2D eigenvalue weighted by atomic mass is 14.8. The van der Waals surface area contributed by atoms with E-state index < -0.39 is 0 Å². The molecule has 0 radical (unpaired) electrons. The van der Waals surface area contributed by atoms with Gasteiger partial charge in [0.15, 0.2) is 0 Å². The number of aromatic nitrogens is 4. The van der Waals surface area contributed by atoms with Crippen molar-refractivity contribution in [3.63, 3.8) is 0 Å². The van der Waals surface area contributed by atoms with Gasteiger partial charge in [-0.15, -0.1) is 0 Å². The minimum Gasteiger partial charge on any atom is -0.397 e. The fraction of sp³-hybridized carbons (Fsp3) is 0. The number of aromatic amines is 2. The first kappa shape index (κ1) is 19.7. The van der Waals surface area contributed by atoms with E-state index in [1.807, 2.05) is 66.8 Å². The number of rotatable bonds is 1. The summed E-state index contributed by atoms with van der Waals surface area (Å²) in [6.07, 6.45) is 7.88. The second kappa shape index (κ2) is 7.28.